The number of aromatic nitrogens is 1. The SMILES string of the molecule is O=C(O)c1ccc(F)c(Sc2ccc(F)cn2)c1. The van der Waals surface area contributed by atoms with Crippen LogP contribution < -0.4 is 0 Å². The van der Waals surface area contributed by atoms with Gasteiger partial charge in [-0.1, -0.05) is 11.8 Å². The molecule has 0 saturated heterocycles. The van der Waals surface area contributed by atoms with Crippen molar-refractivity contribution in [1.29, 1.82) is 0 Å². The molecule has 1 aromatic heterocycles. The topological polar surface area (TPSA) is 50.2 Å². The molecular weight excluding hydrogens is 260 g/mol. The molecule has 0 atom stereocenters. The van der Waals surface area contributed by atoms with Crippen LogP contribution in [0.3, 0.4) is 0 Å². The van der Waals surface area contributed by atoms with Gasteiger partial charge in [-0.25, -0.2) is 18.6 Å². The highest BCUT2D eigenvalue weighted by molar-refractivity contribution is 7.99. The number of carboxylic acid groups (broad SMARTS) is 1. The molecule has 1 heterocycles. The summed E-state index contributed by atoms with van der Waals surface area (Å²) in [5.74, 6) is -2.17. The number of nitrogens with zero attached hydrogens (tertiary/aromatic N) is 1. The number of carboxylic acids is 1. The van der Waals surface area contributed by atoms with Gasteiger partial charge in [0.05, 0.1) is 16.7 Å². The molecule has 0 aliphatic carbocycles. The summed E-state index contributed by atoms with van der Waals surface area (Å²) in [6.07, 6.45) is 1.02. The van der Waals surface area contributed by atoms with Crippen LogP contribution in [0, 0.1) is 11.6 Å². The Labute approximate surface area is 105 Å². The van der Waals surface area contributed by atoms with E-state index in [0.717, 1.165) is 24.0 Å². The minimum Gasteiger partial charge on any atom is -0.478 e. The maximum atomic E-state index is 13.5. The fraction of sp³-hybridized carbons (Fsp3) is 0. The Morgan fingerprint density at radius 1 is 1.22 bits per heavy atom. The fourth-order valence-corrected chi connectivity index (χ4v) is 2.07. The Hall–Kier alpha value is -1.95. The maximum Gasteiger partial charge on any atom is 0.335 e. The van der Waals surface area contributed by atoms with E-state index in [0.29, 0.717) is 5.03 Å². The van der Waals surface area contributed by atoms with E-state index in [1.807, 2.05) is 0 Å². The average Bonchev–Trinajstić information content (AvgIpc) is 2.34. The van der Waals surface area contributed by atoms with Crippen LogP contribution >= 0.6 is 11.8 Å². The van der Waals surface area contributed by atoms with Gasteiger partial charge in [-0.2, -0.15) is 0 Å². The lowest BCUT2D eigenvalue weighted by Gasteiger charge is -2.03. The zero-order valence-corrected chi connectivity index (χ0v) is 9.75. The van der Waals surface area contributed by atoms with Gasteiger partial charge in [0.2, 0.25) is 0 Å². The first kappa shape index (κ1) is 12.5. The van der Waals surface area contributed by atoms with Gasteiger partial charge in [0, 0.05) is 0 Å². The van der Waals surface area contributed by atoms with Crippen molar-refractivity contribution in [2.24, 2.45) is 0 Å². The molecule has 0 aliphatic rings. The monoisotopic (exact) mass is 267 g/mol. The van der Waals surface area contributed by atoms with Crippen molar-refractivity contribution in [2.75, 3.05) is 0 Å². The van der Waals surface area contributed by atoms with Crippen molar-refractivity contribution in [1.82, 2.24) is 4.98 Å². The average molecular weight is 267 g/mol. The van der Waals surface area contributed by atoms with Crippen LogP contribution in [-0.2, 0) is 0 Å². The van der Waals surface area contributed by atoms with Gasteiger partial charge in [-0.3, -0.25) is 0 Å². The van der Waals surface area contributed by atoms with Crippen molar-refractivity contribution < 1.29 is 18.7 Å². The van der Waals surface area contributed by atoms with E-state index in [1.54, 1.807) is 0 Å². The molecule has 0 radical (unpaired) electrons. The van der Waals surface area contributed by atoms with Gasteiger partial charge in [-0.15, -0.1) is 0 Å². The molecule has 0 fully saturated rings. The first-order chi connectivity index (χ1) is 8.56. The van der Waals surface area contributed by atoms with Gasteiger partial charge in [0.1, 0.15) is 16.7 Å². The van der Waals surface area contributed by atoms with Gasteiger partial charge in [-0.05, 0) is 30.3 Å². The van der Waals surface area contributed by atoms with Crippen LogP contribution in [0.25, 0.3) is 0 Å². The normalized spacial score (nSPS) is 10.3. The number of hydrogen-bond acceptors (Lipinski definition) is 3. The van der Waals surface area contributed by atoms with E-state index in [9.17, 15) is 13.6 Å². The third-order valence-corrected chi connectivity index (χ3v) is 3.08. The number of benzene rings is 1. The van der Waals surface area contributed by atoms with Crippen LogP contribution in [0.2, 0.25) is 0 Å². The minimum atomic E-state index is -1.14. The summed E-state index contributed by atoms with van der Waals surface area (Å²) in [7, 11) is 0. The van der Waals surface area contributed by atoms with Crippen molar-refractivity contribution in [3.63, 3.8) is 0 Å². The zero-order valence-electron chi connectivity index (χ0n) is 8.93. The van der Waals surface area contributed by atoms with E-state index in [-0.39, 0.29) is 10.5 Å². The molecule has 3 nitrogen and oxygen atoms in total. The Morgan fingerprint density at radius 3 is 2.61 bits per heavy atom. The molecule has 6 heteroatoms. The van der Waals surface area contributed by atoms with Crippen molar-refractivity contribution >= 4 is 17.7 Å². The van der Waals surface area contributed by atoms with Gasteiger partial charge >= 0.3 is 5.97 Å². The summed E-state index contributed by atoms with van der Waals surface area (Å²) >= 11 is 0.938. The summed E-state index contributed by atoms with van der Waals surface area (Å²) in [6, 6.07) is 6.07. The second-order valence-corrected chi connectivity index (χ2v) is 4.43. The van der Waals surface area contributed by atoms with Crippen molar-refractivity contribution in [3.05, 3.63) is 53.7 Å². The maximum absolute atomic E-state index is 13.5. The third kappa shape index (κ3) is 2.84. The van der Waals surface area contributed by atoms with Crippen LogP contribution in [0.5, 0.6) is 0 Å². The lowest BCUT2D eigenvalue weighted by Crippen LogP contribution is -1.97. The Morgan fingerprint density at radius 2 is 2.00 bits per heavy atom. The highest BCUT2D eigenvalue weighted by atomic mass is 32.2. The Kier molecular flexibility index (Phi) is 3.57. The largest absolute Gasteiger partial charge is 0.478 e. The number of rotatable bonds is 3. The number of carbonyl (C=O) groups is 1. The van der Waals surface area contributed by atoms with Crippen molar-refractivity contribution in [2.45, 2.75) is 9.92 Å². The van der Waals surface area contributed by atoms with Gasteiger partial charge in [0.25, 0.3) is 0 Å². The van der Waals surface area contributed by atoms with Gasteiger partial charge in [0.15, 0.2) is 0 Å². The molecule has 0 spiro atoms. The quantitative estimate of drug-likeness (QED) is 0.927. The molecule has 2 aromatic rings. The van der Waals surface area contributed by atoms with E-state index >= 15 is 0 Å². The fourth-order valence-electron chi connectivity index (χ4n) is 1.25. The molecule has 0 amide bonds. The second-order valence-electron chi connectivity index (χ2n) is 3.37. The van der Waals surface area contributed by atoms with E-state index in [1.165, 1.54) is 24.3 Å². The zero-order chi connectivity index (χ0) is 13.1. The number of aromatic carboxylic acids is 1. The summed E-state index contributed by atoms with van der Waals surface area (Å²) in [5, 5.41) is 9.19. The lowest BCUT2D eigenvalue weighted by atomic mass is 10.2. The molecule has 92 valence electrons. The van der Waals surface area contributed by atoms with E-state index < -0.39 is 17.6 Å². The summed E-state index contributed by atoms with van der Waals surface area (Å²) < 4.78 is 26.1. The summed E-state index contributed by atoms with van der Waals surface area (Å²) in [6.45, 7) is 0. The number of pyridine rings is 1. The first-order valence-corrected chi connectivity index (χ1v) is 5.70. The van der Waals surface area contributed by atoms with Crippen LogP contribution in [0.4, 0.5) is 8.78 Å². The van der Waals surface area contributed by atoms with E-state index in [2.05, 4.69) is 4.98 Å². The predicted molar refractivity (Wildman–Crippen MR) is 61.7 cm³/mol. The smallest absolute Gasteiger partial charge is 0.335 e. The second kappa shape index (κ2) is 5.14. The summed E-state index contributed by atoms with van der Waals surface area (Å²) in [5.41, 5.74) is -0.0130. The van der Waals surface area contributed by atoms with Crippen LogP contribution in [-0.4, -0.2) is 16.1 Å². The molecular formula is C12H7F2NO2S. The molecule has 0 bridgehead atoms. The number of hydrogen-bond donors (Lipinski definition) is 1. The molecule has 0 aliphatic heterocycles. The minimum absolute atomic E-state index is 0.0130. The molecule has 18 heavy (non-hydrogen) atoms. The van der Waals surface area contributed by atoms with Crippen LogP contribution in [0.1, 0.15) is 10.4 Å². The lowest BCUT2D eigenvalue weighted by molar-refractivity contribution is 0.0696. The molecule has 2 rings (SSSR count). The molecule has 1 N–H and O–H groups in total. The third-order valence-electron chi connectivity index (χ3n) is 2.09. The highest BCUT2D eigenvalue weighted by Crippen LogP contribution is 2.29. The van der Waals surface area contributed by atoms with Gasteiger partial charge < -0.3 is 5.11 Å². The standard InChI is InChI=1S/C12H7F2NO2S/c13-8-2-4-11(15-6-8)18-10-5-7(12(16)17)1-3-9(10)14/h1-6H,(H,16,17). The molecule has 0 saturated carbocycles. The molecule has 0 unspecified atom stereocenters. The molecule has 1 aromatic carbocycles. The Bertz CT molecular complexity index is 587. The van der Waals surface area contributed by atoms with Crippen LogP contribution in [0.15, 0.2) is 46.5 Å². The summed E-state index contributed by atoms with van der Waals surface area (Å²) in [4.78, 5) is 14.7. The first-order valence-electron chi connectivity index (χ1n) is 4.88. The Balaban J connectivity index is 2.30. The van der Waals surface area contributed by atoms with Crippen molar-refractivity contribution in [3.8, 4) is 0 Å². The van der Waals surface area contributed by atoms with E-state index in [4.69, 9.17) is 5.11 Å². The highest BCUT2D eigenvalue weighted by Gasteiger charge is 2.10. The number of halogens is 2. The predicted octanol–water partition coefficient (Wildman–Crippen LogP) is 3.21.